The average Bonchev–Trinajstić information content (AvgIpc) is 2.33. The number of alkyl halides is 3. The van der Waals surface area contributed by atoms with Crippen molar-refractivity contribution < 1.29 is 21.6 Å². The van der Waals surface area contributed by atoms with Gasteiger partial charge in [0, 0.05) is 24.5 Å². The van der Waals surface area contributed by atoms with Crippen LogP contribution in [0.15, 0.2) is 23.1 Å². The number of hydrogen-bond donors (Lipinski definition) is 2. The maximum Gasteiger partial charge on any atom is 0.389 e. The summed E-state index contributed by atoms with van der Waals surface area (Å²) >= 11 is 5.84. The SMILES string of the molecule is NCc1ccc(S(=O)(=O)NCCCC(F)(F)F)cc1Cl. The molecule has 20 heavy (non-hydrogen) atoms. The Bertz CT molecular complexity index is 561. The van der Waals surface area contributed by atoms with Gasteiger partial charge in [0.1, 0.15) is 0 Å². The van der Waals surface area contributed by atoms with E-state index < -0.39 is 22.6 Å². The van der Waals surface area contributed by atoms with E-state index in [0.717, 1.165) is 0 Å². The van der Waals surface area contributed by atoms with E-state index >= 15 is 0 Å². The van der Waals surface area contributed by atoms with Crippen LogP contribution in [0, 0.1) is 0 Å². The standard InChI is InChI=1S/C11H14ClF3N2O2S/c12-10-6-9(3-2-8(10)7-16)20(18,19)17-5-1-4-11(13,14)15/h2-3,6,17H,1,4-5,7,16H2. The lowest BCUT2D eigenvalue weighted by molar-refractivity contribution is -0.135. The highest BCUT2D eigenvalue weighted by Crippen LogP contribution is 2.22. The molecule has 0 radical (unpaired) electrons. The lowest BCUT2D eigenvalue weighted by Gasteiger charge is -2.09. The predicted octanol–water partition coefficient (Wildman–Crippen LogP) is 2.42. The van der Waals surface area contributed by atoms with Gasteiger partial charge in [0.05, 0.1) is 4.90 Å². The van der Waals surface area contributed by atoms with E-state index in [-0.39, 0.29) is 29.4 Å². The second kappa shape index (κ2) is 6.75. The summed E-state index contributed by atoms with van der Waals surface area (Å²) in [6, 6.07) is 3.99. The largest absolute Gasteiger partial charge is 0.389 e. The van der Waals surface area contributed by atoms with Crippen LogP contribution in [0.25, 0.3) is 0 Å². The average molecular weight is 331 g/mol. The van der Waals surface area contributed by atoms with E-state index in [4.69, 9.17) is 17.3 Å². The van der Waals surface area contributed by atoms with Crippen LogP contribution in [0.3, 0.4) is 0 Å². The molecule has 1 aromatic carbocycles. The van der Waals surface area contributed by atoms with Crippen LogP contribution in [0.4, 0.5) is 13.2 Å². The Morgan fingerprint density at radius 1 is 1.30 bits per heavy atom. The molecule has 0 aromatic heterocycles. The topological polar surface area (TPSA) is 72.2 Å². The van der Waals surface area contributed by atoms with Crippen molar-refractivity contribution in [2.24, 2.45) is 5.73 Å². The summed E-state index contributed by atoms with van der Waals surface area (Å²) in [7, 11) is -3.87. The Morgan fingerprint density at radius 2 is 1.95 bits per heavy atom. The Labute approximate surface area is 120 Å². The highest BCUT2D eigenvalue weighted by atomic mass is 35.5. The van der Waals surface area contributed by atoms with Crippen LogP contribution in [0.2, 0.25) is 5.02 Å². The minimum Gasteiger partial charge on any atom is -0.326 e. The van der Waals surface area contributed by atoms with Gasteiger partial charge in [-0.15, -0.1) is 0 Å². The summed E-state index contributed by atoms with van der Waals surface area (Å²) in [6.45, 7) is -0.129. The summed E-state index contributed by atoms with van der Waals surface area (Å²) in [5.74, 6) is 0. The molecule has 0 aliphatic heterocycles. The van der Waals surface area contributed by atoms with E-state index in [9.17, 15) is 21.6 Å². The van der Waals surface area contributed by atoms with Crippen molar-refractivity contribution in [3.8, 4) is 0 Å². The van der Waals surface area contributed by atoms with Crippen molar-refractivity contribution >= 4 is 21.6 Å². The van der Waals surface area contributed by atoms with Crippen molar-refractivity contribution in [1.82, 2.24) is 4.72 Å². The monoisotopic (exact) mass is 330 g/mol. The Balaban J connectivity index is 2.67. The van der Waals surface area contributed by atoms with E-state index in [1.165, 1.54) is 18.2 Å². The molecule has 1 rings (SSSR count). The van der Waals surface area contributed by atoms with Gasteiger partial charge in [-0.05, 0) is 24.1 Å². The second-order valence-corrected chi connectivity index (χ2v) is 6.25. The third kappa shape index (κ3) is 5.28. The minimum absolute atomic E-state index is 0.105. The van der Waals surface area contributed by atoms with Crippen LogP contribution in [0.1, 0.15) is 18.4 Å². The molecule has 114 valence electrons. The van der Waals surface area contributed by atoms with Gasteiger partial charge in [-0.3, -0.25) is 0 Å². The smallest absolute Gasteiger partial charge is 0.326 e. The van der Waals surface area contributed by atoms with Gasteiger partial charge >= 0.3 is 6.18 Å². The quantitative estimate of drug-likeness (QED) is 0.787. The van der Waals surface area contributed by atoms with E-state index in [0.29, 0.717) is 5.56 Å². The fourth-order valence-electron chi connectivity index (χ4n) is 1.44. The van der Waals surface area contributed by atoms with Crippen molar-refractivity contribution in [1.29, 1.82) is 0 Å². The molecule has 0 bridgehead atoms. The lowest BCUT2D eigenvalue weighted by Crippen LogP contribution is -2.26. The van der Waals surface area contributed by atoms with Crippen molar-refractivity contribution in [2.45, 2.75) is 30.5 Å². The minimum atomic E-state index is -4.29. The molecule has 0 saturated heterocycles. The van der Waals surface area contributed by atoms with E-state index in [1.807, 2.05) is 0 Å². The molecule has 3 N–H and O–H groups in total. The zero-order valence-corrected chi connectivity index (χ0v) is 11.9. The van der Waals surface area contributed by atoms with Crippen LogP contribution >= 0.6 is 11.6 Å². The summed E-state index contributed by atoms with van der Waals surface area (Å²) in [5.41, 5.74) is 5.98. The van der Waals surface area contributed by atoms with Crippen LogP contribution in [-0.2, 0) is 16.6 Å². The van der Waals surface area contributed by atoms with Gasteiger partial charge in [0.25, 0.3) is 0 Å². The first-order chi connectivity index (χ1) is 9.15. The normalized spacial score (nSPS) is 12.7. The summed E-state index contributed by atoms with van der Waals surface area (Å²) < 4.78 is 61.5. The van der Waals surface area contributed by atoms with Gasteiger partial charge in [-0.1, -0.05) is 17.7 Å². The molecule has 0 spiro atoms. The molecule has 0 heterocycles. The molecule has 4 nitrogen and oxygen atoms in total. The molecule has 0 saturated carbocycles. The molecule has 0 aliphatic rings. The second-order valence-electron chi connectivity index (χ2n) is 4.07. The summed E-state index contributed by atoms with van der Waals surface area (Å²) in [6.07, 6.45) is -5.66. The van der Waals surface area contributed by atoms with Crippen molar-refractivity contribution in [3.63, 3.8) is 0 Å². The Hall–Kier alpha value is -0.830. The van der Waals surface area contributed by atoms with Gasteiger partial charge in [0.2, 0.25) is 10.0 Å². The number of halogens is 4. The highest BCUT2D eigenvalue weighted by molar-refractivity contribution is 7.89. The van der Waals surface area contributed by atoms with Crippen molar-refractivity contribution in [3.05, 3.63) is 28.8 Å². The number of benzene rings is 1. The summed E-state index contributed by atoms with van der Waals surface area (Å²) in [5, 5.41) is 0.200. The molecule has 0 atom stereocenters. The number of rotatable bonds is 6. The first-order valence-electron chi connectivity index (χ1n) is 5.70. The highest BCUT2D eigenvalue weighted by Gasteiger charge is 2.26. The molecule has 0 unspecified atom stereocenters. The number of nitrogens with two attached hydrogens (primary N) is 1. The first-order valence-corrected chi connectivity index (χ1v) is 7.57. The molecular weight excluding hydrogens is 317 g/mol. The number of sulfonamides is 1. The molecular formula is C11H14ClF3N2O2S. The molecule has 0 fully saturated rings. The number of nitrogens with one attached hydrogen (secondary N) is 1. The summed E-state index contributed by atoms with van der Waals surface area (Å²) in [4.78, 5) is -0.105. The van der Waals surface area contributed by atoms with Crippen molar-refractivity contribution in [2.75, 3.05) is 6.54 Å². The molecule has 1 aromatic rings. The lowest BCUT2D eigenvalue weighted by atomic mass is 10.2. The maximum absolute atomic E-state index is 11.9. The fraction of sp³-hybridized carbons (Fsp3) is 0.455. The fourth-order valence-corrected chi connectivity index (χ4v) is 2.86. The molecule has 9 heteroatoms. The first kappa shape index (κ1) is 17.2. The van der Waals surface area contributed by atoms with E-state index in [1.54, 1.807) is 0 Å². The number of hydrogen-bond acceptors (Lipinski definition) is 3. The zero-order chi connectivity index (χ0) is 15.4. The molecule has 0 amide bonds. The maximum atomic E-state index is 11.9. The van der Waals surface area contributed by atoms with Gasteiger partial charge in [0.15, 0.2) is 0 Å². The van der Waals surface area contributed by atoms with Gasteiger partial charge in [-0.25, -0.2) is 13.1 Å². The van der Waals surface area contributed by atoms with Crippen LogP contribution < -0.4 is 10.5 Å². The Morgan fingerprint density at radius 3 is 2.45 bits per heavy atom. The predicted molar refractivity (Wildman–Crippen MR) is 69.8 cm³/mol. The third-order valence-electron chi connectivity index (χ3n) is 2.48. The van der Waals surface area contributed by atoms with Crippen LogP contribution in [0.5, 0.6) is 0 Å². The van der Waals surface area contributed by atoms with Crippen LogP contribution in [-0.4, -0.2) is 21.1 Å². The Kier molecular flexibility index (Phi) is 5.81. The molecule has 0 aliphatic carbocycles. The van der Waals surface area contributed by atoms with E-state index in [2.05, 4.69) is 4.72 Å². The zero-order valence-electron chi connectivity index (χ0n) is 10.4. The van der Waals surface area contributed by atoms with Gasteiger partial charge < -0.3 is 5.73 Å². The third-order valence-corrected chi connectivity index (χ3v) is 4.29. The van der Waals surface area contributed by atoms with Gasteiger partial charge in [-0.2, -0.15) is 13.2 Å².